The Morgan fingerprint density at radius 2 is 1.77 bits per heavy atom. The first-order chi connectivity index (χ1) is 14.6. The van der Waals surface area contributed by atoms with E-state index < -0.39 is 6.10 Å². The fraction of sp³-hybridized carbons (Fsp3) is 0.208. The smallest absolute Gasteiger partial charge is 0.262 e. The number of aromatic nitrogens is 3. The summed E-state index contributed by atoms with van der Waals surface area (Å²) in [5.74, 6) is 0. The van der Waals surface area contributed by atoms with Crippen LogP contribution in [0, 0.1) is 6.92 Å². The predicted molar refractivity (Wildman–Crippen MR) is 115 cm³/mol. The first-order valence-electron chi connectivity index (χ1n) is 9.84. The van der Waals surface area contributed by atoms with Crippen LogP contribution in [-0.4, -0.2) is 32.4 Å². The van der Waals surface area contributed by atoms with Gasteiger partial charge in [0.25, 0.3) is 5.56 Å². The summed E-state index contributed by atoms with van der Waals surface area (Å²) < 4.78 is 7.55. The first-order valence-corrected chi connectivity index (χ1v) is 9.84. The van der Waals surface area contributed by atoms with E-state index in [1.165, 1.54) is 10.9 Å². The van der Waals surface area contributed by atoms with Crippen molar-refractivity contribution in [1.82, 2.24) is 14.5 Å². The van der Waals surface area contributed by atoms with Crippen molar-refractivity contribution in [3.8, 4) is 0 Å². The third kappa shape index (κ3) is 4.30. The van der Waals surface area contributed by atoms with Crippen LogP contribution >= 0.6 is 0 Å². The zero-order valence-electron chi connectivity index (χ0n) is 16.7. The van der Waals surface area contributed by atoms with Crippen molar-refractivity contribution in [2.24, 2.45) is 0 Å². The molecule has 0 aliphatic carbocycles. The Morgan fingerprint density at radius 3 is 2.57 bits per heavy atom. The number of aliphatic hydroxyl groups excluding tert-OH is 1. The molecule has 6 heteroatoms. The third-order valence-electron chi connectivity index (χ3n) is 5.03. The number of rotatable bonds is 7. The summed E-state index contributed by atoms with van der Waals surface area (Å²) in [5.41, 5.74) is 3.34. The van der Waals surface area contributed by atoms with Gasteiger partial charge in [-0.3, -0.25) is 9.36 Å². The zero-order chi connectivity index (χ0) is 20.9. The maximum atomic E-state index is 12.6. The van der Waals surface area contributed by atoms with Crippen molar-refractivity contribution in [2.75, 3.05) is 6.61 Å². The summed E-state index contributed by atoms with van der Waals surface area (Å²) in [6.45, 7) is 2.21. The monoisotopic (exact) mass is 401 g/mol. The van der Waals surface area contributed by atoms with Crippen LogP contribution in [0.3, 0.4) is 0 Å². The normalized spacial score (nSPS) is 13.3. The highest BCUT2D eigenvalue weighted by Gasteiger charge is 2.19. The van der Waals surface area contributed by atoms with Crippen LogP contribution in [-0.2, 0) is 11.3 Å². The standard InChI is InChI=1S/C24H23N3O3/c1-17-8-5-6-11-20(17)22(18-9-3-2-4-10-18)30-15-19(28)14-27-16-26-23-21(24(27)29)12-7-13-25-23/h2-13,16,19,22,28H,14-15H2,1H3/t19-,22-/m0/s1. The van der Waals surface area contributed by atoms with Crippen LogP contribution in [0.5, 0.6) is 0 Å². The molecule has 4 rings (SSSR count). The third-order valence-corrected chi connectivity index (χ3v) is 5.03. The topological polar surface area (TPSA) is 77.2 Å². The van der Waals surface area contributed by atoms with Gasteiger partial charge in [0.15, 0.2) is 5.65 Å². The quantitative estimate of drug-likeness (QED) is 0.514. The Bertz CT molecular complexity index is 1190. The Morgan fingerprint density at radius 1 is 1.00 bits per heavy atom. The Labute approximate surface area is 174 Å². The van der Waals surface area contributed by atoms with Gasteiger partial charge in [0, 0.05) is 6.20 Å². The molecule has 0 fully saturated rings. The lowest BCUT2D eigenvalue weighted by molar-refractivity contribution is -0.00119. The minimum atomic E-state index is -0.867. The molecule has 2 heterocycles. The van der Waals surface area contributed by atoms with Crippen molar-refractivity contribution in [3.05, 3.63) is 106 Å². The van der Waals surface area contributed by atoms with Crippen molar-refractivity contribution in [2.45, 2.75) is 25.7 Å². The summed E-state index contributed by atoms with van der Waals surface area (Å²) in [7, 11) is 0. The van der Waals surface area contributed by atoms with Crippen LogP contribution in [0.25, 0.3) is 11.0 Å². The number of aliphatic hydroxyl groups is 1. The molecule has 0 saturated carbocycles. The molecule has 2 aromatic carbocycles. The van der Waals surface area contributed by atoms with Crippen molar-refractivity contribution >= 4 is 11.0 Å². The van der Waals surface area contributed by atoms with Crippen molar-refractivity contribution in [1.29, 1.82) is 0 Å². The molecular formula is C24H23N3O3. The van der Waals surface area contributed by atoms with Gasteiger partial charge in [0.05, 0.1) is 24.6 Å². The first kappa shape index (κ1) is 19.9. The lowest BCUT2D eigenvalue weighted by Crippen LogP contribution is -2.30. The second-order valence-electron chi connectivity index (χ2n) is 7.21. The number of hydrogen-bond acceptors (Lipinski definition) is 5. The molecule has 0 saturated heterocycles. The fourth-order valence-corrected chi connectivity index (χ4v) is 3.49. The molecule has 0 bridgehead atoms. The number of fused-ring (bicyclic) bond motifs is 1. The fourth-order valence-electron chi connectivity index (χ4n) is 3.49. The number of hydrogen-bond donors (Lipinski definition) is 1. The summed E-state index contributed by atoms with van der Waals surface area (Å²) in [6.07, 6.45) is 1.83. The van der Waals surface area contributed by atoms with Crippen LogP contribution in [0.4, 0.5) is 0 Å². The SMILES string of the molecule is Cc1ccccc1[C@@H](OC[C@@H](O)Cn1cnc2ncccc2c1=O)c1ccccc1. The second kappa shape index (κ2) is 8.98. The van der Waals surface area contributed by atoms with E-state index in [0.29, 0.717) is 11.0 Å². The summed E-state index contributed by atoms with van der Waals surface area (Å²) in [4.78, 5) is 20.9. The molecule has 0 spiro atoms. The lowest BCUT2D eigenvalue weighted by atomic mass is 9.97. The van der Waals surface area contributed by atoms with E-state index in [-0.39, 0.29) is 24.8 Å². The number of nitrogens with zero attached hydrogens (tertiary/aromatic N) is 3. The van der Waals surface area contributed by atoms with E-state index in [1.54, 1.807) is 18.3 Å². The highest BCUT2D eigenvalue weighted by molar-refractivity contribution is 5.72. The molecule has 0 amide bonds. The predicted octanol–water partition coefficient (Wildman–Crippen LogP) is 3.27. The number of benzene rings is 2. The van der Waals surface area contributed by atoms with Gasteiger partial charge in [-0.05, 0) is 35.7 Å². The number of pyridine rings is 1. The van der Waals surface area contributed by atoms with Gasteiger partial charge < -0.3 is 9.84 Å². The van der Waals surface area contributed by atoms with Crippen LogP contribution in [0.15, 0.2) is 84.0 Å². The highest BCUT2D eigenvalue weighted by atomic mass is 16.5. The molecular weight excluding hydrogens is 378 g/mol. The maximum absolute atomic E-state index is 12.6. The number of aryl methyl sites for hydroxylation is 1. The molecule has 2 atom stereocenters. The summed E-state index contributed by atoms with van der Waals surface area (Å²) in [6, 6.07) is 21.3. The average Bonchev–Trinajstić information content (AvgIpc) is 2.78. The van der Waals surface area contributed by atoms with Gasteiger partial charge in [0.1, 0.15) is 12.4 Å². The average molecular weight is 401 g/mol. The maximum Gasteiger partial charge on any atom is 0.262 e. The molecule has 1 N–H and O–H groups in total. The highest BCUT2D eigenvalue weighted by Crippen LogP contribution is 2.28. The van der Waals surface area contributed by atoms with E-state index in [2.05, 4.69) is 9.97 Å². The Balaban J connectivity index is 1.52. The molecule has 0 aliphatic heterocycles. The van der Waals surface area contributed by atoms with Crippen LogP contribution in [0.1, 0.15) is 22.8 Å². The van der Waals surface area contributed by atoms with Crippen molar-refractivity contribution in [3.63, 3.8) is 0 Å². The molecule has 4 aromatic rings. The van der Waals surface area contributed by atoms with Gasteiger partial charge in [-0.25, -0.2) is 9.97 Å². The van der Waals surface area contributed by atoms with Gasteiger partial charge in [-0.15, -0.1) is 0 Å². The van der Waals surface area contributed by atoms with E-state index >= 15 is 0 Å². The summed E-state index contributed by atoms with van der Waals surface area (Å²) in [5, 5.41) is 11.0. The van der Waals surface area contributed by atoms with Crippen LogP contribution < -0.4 is 5.56 Å². The summed E-state index contributed by atoms with van der Waals surface area (Å²) >= 11 is 0. The van der Waals surface area contributed by atoms with E-state index in [0.717, 1.165) is 16.7 Å². The molecule has 152 valence electrons. The van der Waals surface area contributed by atoms with Gasteiger partial charge in [-0.2, -0.15) is 0 Å². The molecule has 2 aromatic heterocycles. The largest absolute Gasteiger partial charge is 0.389 e. The zero-order valence-corrected chi connectivity index (χ0v) is 16.7. The van der Waals surface area contributed by atoms with Gasteiger partial charge in [-0.1, -0.05) is 54.6 Å². The van der Waals surface area contributed by atoms with E-state index in [1.807, 2.05) is 61.5 Å². The second-order valence-corrected chi connectivity index (χ2v) is 7.21. The molecule has 0 radical (unpaired) electrons. The molecule has 0 unspecified atom stereocenters. The van der Waals surface area contributed by atoms with E-state index in [9.17, 15) is 9.90 Å². The van der Waals surface area contributed by atoms with Gasteiger partial charge >= 0.3 is 0 Å². The Kier molecular flexibility index (Phi) is 5.97. The van der Waals surface area contributed by atoms with Crippen LogP contribution in [0.2, 0.25) is 0 Å². The molecule has 0 aliphatic rings. The molecule has 30 heavy (non-hydrogen) atoms. The van der Waals surface area contributed by atoms with E-state index in [4.69, 9.17) is 4.74 Å². The lowest BCUT2D eigenvalue weighted by Gasteiger charge is -2.22. The minimum Gasteiger partial charge on any atom is -0.389 e. The van der Waals surface area contributed by atoms with Crippen molar-refractivity contribution < 1.29 is 9.84 Å². The molecule has 6 nitrogen and oxygen atoms in total. The minimum absolute atomic E-state index is 0.0748. The van der Waals surface area contributed by atoms with Gasteiger partial charge in [0.2, 0.25) is 0 Å². The Hall–Kier alpha value is -3.35. The number of ether oxygens (including phenoxy) is 1.